The van der Waals surface area contributed by atoms with E-state index in [0.717, 1.165) is 11.8 Å². The molecule has 3 aromatic rings. The van der Waals surface area contributed by atoms with Crippen molar-refractivity contribution in [3.8, 4) is 0 Å². The number of aliphatic hydroxyl groups is 1. The fraction of sp³-hybridized carbons (Fsp3) is 0.500. The third-order valence-electron chi connectivity index (χ3n) is 7.93. The molecule has 41 heavy (non-hydrogen) atoms. The van der Waals surface area contributed by atoms with Gasteiger partial charge in [-0.2, -0.15) is 0 Å². The van der Waals surface area contributed by atoms with Crippen LogP contribution in [0, 0.1) is 11.8 Å². The minimum atomic E-state index is -3.65. The van der Waals surface area contributed by atoms with Crippen LogP contribution >= 0.6 is 0 Å². The van der Waals surface area contributed by atoms with Gasteiger partial charge in [-0.3, -0.25) is 9.59 Å². The van der Waals surface area contributed by atoms with Crippen molar-refractivity contribution in [1.29, 1.82) is 0 Å². The quantitative estimate of drug-likeness (QED) is 0.332. The van der Waals surface area contributed by atoms with Gasteiger partial charge in [0.2, 0.25) is 17.7 Å². The van der Waals surface area contributed by atoms with Crippen molar-refractivity contribution in [2.45, 2.75) is 49.5 Å². The Morgan fingerprint density at radius 1 is 1.07 bits per heavy atom. The lowest BCUT2D eigenvalue weighted by atomic mass is 9.94. The number of morpholine rings is 1. The van der Waals surface area contributed by atoms with Gasteiger partial charge in [0.05, 0.1) is 30.4 Å². The van der Waals surface area contributed by atoms with Crippen LogP contribution in [0.3, 0.4) is 0 Å². The van der Waals surface area contributed by atoms with Crippen LogP contribution in [-0.2, 0) is 30.6 Å². The molecular weight excluding hydrogens is 546 g/mol. The Labute approximate surface area is 240 Å². The number of aliphatic hydroxyl groups excluding tert-OH is 1. The smallest absolute Gasteiger partial charge is 0.226 e. The number of fused-ring (bicyclic) bond motifs is 1. The molecule has 1 aliphatic heterocycles. The molecule has 1 aromatic heterocycles. The Balaban J connectivity index is 1.41. The number of sulfone groups is 1. The van der Waals surface area contributed by atoms with Gasteiger partial charge in [-0.25, -0.2) is 13.4 Å². The number of hydrogen-bond donors (Lipinski definition) is 2. The van der Waals surface area contributed by atoms with E-state index >= 15 is 0 Å². The number of aryl methyl sites for hydroxylation is 1. The molecule has 1 saturated heterocycles. The number of benzene rings is 2. The largest absolute Gasteiger partial charge is 0.438 e. The van der Waals surface area contributed by atoms with E-state index in [2.05, 4.69) is 10.3 Å². The van der Waals surface area contributed by atoms with E-state index in [1.54, 1.807) is 23.1 Å². The highest BCUT2D eigenvalue weighted by Crippen LogP contribution is 2.41. The van der Waals surface area contributed by atoms with Crippen molar-refractivity contribution in [3.05, 3.63) is 66.1 Å². The first-order valence-corrected chi connectivity index (χ1v) is 16.1. The van der Waals surface area contributed by atoms with Crippen LogP contribution in [-0.4, -0.2) is 79.1 Å². The second-order valence-corrected chi connectivity index (χ2v) is 13.2. The molecule has 2 fully saturated rings. The summed E-state index contributed by atoms with van der Waals surface area (Å²) in [6.45, 7) is 1.60. The normalized spacial score (nSPS) is 18.9. The molecule has 3 unspecified atom stereocenters. The van der Waals surface area contributed by atoms with Gasteiger partial charge < -0.3 is 24.5 Å². The molecule has 0 spiro atoms. The molecule has 1 aliphatic carbocycles. The van der Waals surface area contributed by atoms with Crippen molar-refractivity contribution >= 4 is 32.8 Å². The number of carbonyl (C=O) groups is 2. The van der Waals surface area contributed by atoms with E-state index in [9.17, 15) is 23.1 Å². The lowest BCUT2D eigenvalue weighted by Gasteiger charge is -2.32. The molecule has 0 radical (unpaired) electrons. The number of oxazole rings is 1. The van der Waals surface area contributed by atoms with E-state index in [1.807, 2.05) is 36.4 Å². The average Bonchev–Trinajstić information content (AvgIpc) is 3.70. The molecule has 220 valence electrons. The fourth-order valence-corrected chi connectivity index (χ4v) is 7.43. The fourth-order valence-electron chi connectivity index (χ4n) is 5.64. The molecule has 10 nitrogen and oxygen atoms in total. The van der Waals surface area contributed by atoms with Crippen LogP contribution in [0.1, 0.15) is 43.2 Å². The van der Waals surface area contributed by atoms with Gasteiger partial charge in [0.25, 0.3) is 0 Å². The van der Waals surface area contributed by atoms with Crippen molar-refractivity contribution in [3.63, 3.8) is 0 Å². The van der Waals surface area contributed by atoms with E-state index in [1.165, 1.54) is 0 Å². The second kappa shape index (κ2) is 12.7. The molecule has 2 aliphatic rings. The van der Waals surface area contributed by atoms with Gasteiger partial charge in [0.15, 0.2) is 21.5 Å². The van der Waals surface area contributed by atoms with Crippen LogP contribution < -0.4 is 5.32 Å². The Morgan fingerprint density at radius 3 is 2.41 bits per heavy atom. The zero-order valence-corrected chi connectivity index (χ0v) is 24.0. The van der Waals surface area contributed by atoms with Crippen molar-refractivity contribution in [2.24, 2.45) is 11.8 Å². The van der Waals surface area contributed by atoms with Crippen molar-refractivity contribution in [1.82, 2.24) is 15.2 Å². The molecule has 5 rings (SSSR count). The summed E-state index contributed by atoms with van der Waals surface area (Å²) in [5.74, 6) is -2.05. The Hall–Kier alpha value is -3.28. The number of ether oxygens (including phenoxy) is 1. The number of nitrogens with zero attached hydrogens (tertiary/aromatic N) is 2. The van der Waals surface area contributed by atoms with Crippen LogP contribution in [0.2, 0.25) is 0 Å². The molecule has 2 aromatic carbocycles. The predicted octanol–water partition coefficient (Wildman–Crippen LogP) is 2.67. The standard InChI is InChI=1S/C30H37N3O7S/c1-41(37,38)28(21-12-13-21)22(19-26(34)33-15-17-39-18-16-33)29(36)31-24(14-11-20-7-3-2-4-8-20)27(35)30-32-23-9-5-6-10-25(23)40-30/h2-10,21-22,24,27-28,35H,11-19H2,1H3,(H,31,36)/t22?,24-,27?,28?/m0/s1. The minimum Gasteiger partial charge on any atom is -0.438 e. The summed E-state index contributed by atoms with van der Waals surface area (Å²) < 4.78 is 37.1. The van der Waals surface area contributed by atoms with Gasteiger partial charge in [0, 0.05) is 25.8 Å². The van der Waals surface area contributed by atoms with Crippen LogP contribution in [0.25, 0.3) is 11.1 Å². The number of amides is 2. The lowest BCUT2D eigenvalue weighted by molar-refractivity contribution is -0.140. The summed E-state index contributed by atoms with van der Waals surface area (Å²) in [6.07, 6.45) is 1.88. The minimum absolute atomic E-state index is 0.0624. The van der Waals surface area contributed by atoms with E-state index in [-0.39, 0.29) is 24.1 Å². The zero-order chi connectivity index (χ0) is 29.0. The molecule has 2 amide bonds. The first kappa shape index (κ1) is 29.2. The van der Waals surface area contributed by atoms with Gasteiger partial charge in [-0.15, -0.1) is 0 Å². The Morgan fingerprint density at radius 2 is 1.76 bits per heavy atom. The highest BCUT2D eigenvalue weighted by molar-refractivity contribution is 7.91. The molecule has 0 bridgehead atoms. The van der Waals surface area contributed by atoms with Gasteiger partial charge in [-0.05, 0) is 49.3 Å². The summed E-state index contributed by atoms with van der Waals surface area (Å²) in [7, 11) is -3.65. The topological polar surface area (TPSA) is 139 Å². The molecule has 2 N–H and O–H groups in total. The molecular formula is C30H37N3O7S. The van der Waals surface area contributed by atoms with Gasteiger partial charge >= 0.3 is 0 Å². The van der Waals surface area contributed by atoms with Crippen LogP contribution in [0.15, 0.2) is 59.0 Å². The van der Waals surface area contributed by atoms with Crippen LogP contribution in [0.4, 0.5) is 0 Å². The first-order valence-electron chi connectivity index (χ1n) is 14.1. The third kappa shape index (κ3) is 7.33. The molecule has 4 atom stereocenters. The summed E-state index contributed by atoms with van der Waals surface area (Å²) in [4.78, 5) is 33.3. The Bertz CT molecular complexity index is 1420. The number of aromatic nitrogens is 1. The summed E-state index contributed by atoms with van der Waals surface area (Å²) in [6, 6.07) is 16.0. The number of para-hydroxylation sites is 2. The molecule has 1 saturated carbocycles. The average molecular weight is 584 g/mol. The monoisotopic (exact) mass is 583 g/mol. The maximum Gasteiger partial charge on any atom is 0.226 e. The maximum absolute atomic E-state index is 14.0. The van der Waals surface area contributed by atoms with E-state index < -0.39 is 39.1 Å². The molecule has 2 heterocycles. The second-order valence-electron chi connectivity index (χ2n) is 11.0. The zero-order valence-electron chi connectivity index (χ0n) is 23.1. The molecule has 11 heteroatoms. The summed E-state index contributed by atoms with van der Waals surface area (Å²) in [5, 5.41) is 13.4. The predicted molar refractivity (Wildman–Crippen MR) is 153 cm³/mol. The van der Waals surface area contributed by atoms with E-state index in [4.69, 9.17) is 9.15 Å². The highest BCUT2D eigenvalue weighted by atomic mass is 32.2. The Kier molecular flexibility index (Phi) is 9.06. The SMILES string of the molecule is CS(=O)(=O)C(C1CC1)C(CC(=O)N1CCOCC1)C(=O)N[C@@H](CCc1ccccc1)C(O)c1nc2ccccc2o1. The van der Waals surface area contributed by atoms with Crippen molar-refractivity contribution in [2.75, 3.05) is 32.6 Å². The number of hydrogen-bond acceptors (Lipinski definition) is 8. The maximum atomic E-state index is 14.0. The number of carbonyl (C=O) groups excluding carboxylic acids is 2. The summed E-state index contributed by atoms with van der Waals surface area (Å²) >= 11 is 0. The highest BCUT2D eigenvalue weighted by Gasteiger charge is 2.47. The third-order valence-corrected chi connectivity index (χ3v) is 9.63. The number of nitrogens with one attached hydrogen (secondary N) is 1. The lowest BCUT2D eigenvalue weighted by Crippen LogP contribution is -2.50. The van der Waals surface area contributed by atoms with Crippen LogP contribution in [0.5, 0.6) is 0 Å². The van der Waals surface area contributed by atoms with Gasteiger partial charge in [0.1, 0.15) is 5.52 Å². The van der Waals surface area contributed by atoms with Gasteiger partial charge in [-0.1, -0.05) is 42.5 Å². The summed E-state index contributed by atoms with van der Waals surface area (Å²) in [5.41, 5.74) is 2.10. The van der Waals surface area contributed by atoms with Crippen molar-refractivity contribution < 1.29 is 32.3 Å². The first-order chi connectivity index (χ1) is 19.7. The van der Waals surface area contributed by atoms with E-state index in [0.29, 0.717) is 63.1 Å². The number of rotatable bonds is 12.